The predicted octanol–water partition coefficient (Wildman–Crippen LogP) is 10.2. The van der Waals surface area contributed by atoms with E-state index >= 15 is 0 Å². The lowest BCUT2D eigenvalue weighted by atomic mass is 9.85. The van der Waals surface area contributed by atoms with Gasteiger partial charge in [-0.2, -0.15) is 0 Å². The fourth-order valence-electron chi connectivity index (χ4n) is 5.56. The summed E-state index contributed by atoms with van der Waals surface area (Å²) < 4.78 is 0. The average molecular weight is 535 g/mol. The van der Waals surface area contributed by atoms with Crippen LogP contribution in [0.1, 0.15) is 126 Å². The summed E-state index contributed by atoms with van der Waals surface area (Å²) >= 11 is 0. The Hall–Kier alpha value is -3.26. The summed E-state index contributed by atoms with van der Waals surface area (Å²) in [6, 6.07) is 20.7. The van der Waals surface area contributed by atoms with Crippen LogP contribution in [0.2, 0.25) is 0 Å². The zero-order valence-corrected chi connectivity index (χ0v) is 26.6. The van der Waals surface area contributed by atoms with E-state index in [0.717, 1.165) is 33.4 Å². The molecule has 4 aliphatic rings. The van der Waals surface area contributed by atoms with Crippen LogP contribution in [0.4, 0.5) is 0 Å². The lowest BCUT2D eigenvalue weighted by Gasteiger charge is -2.19. The van der Waals surface area contributed by atoms with Crippen molar-refractivity contribution in [3.05, 3.63) is 94.0 Å². The Labute approximate surface area is 241 Å². The molecule has 40 heavy (non-hydrogen) atoms. The van der Waals surface area contributed by atoms with Gasteiger partial charge in [0.1, 0.15) is 0 Å². The molecular formula is C38H46O2. The van der Waals surface area contributed by atoms with Crippen molar-refractivity contribution in [2.75, 3.05) is 0 Å². The van der Waals surface area contributed by atoms with Crippen molar-refractivity contribution in [3.63, 3.8) is 0 Å². The van der Waals surface area contributed by atoms with E-state index in [-0.39, 0.29) is 21.7 Å². The number of ketones is 2. The molecule has 0 aromatic carbocycles. The van der Waals surface area contributed by atoms with Crippen LogP contribution in [0.3, 0.4) is 0 Å². The molecule has 0 saturated heterocycles. The molecule has 4 rings (SSSR count). The third-order valence-corrected chi connectivity index (χ3v) is 8.08. The largest absolute Gasteiger partial charge is 0.285 e. The summed E-state index contributed by atoms with van der Waals surface area (Å²) in [5.41, 5.74) is 8.83. The standard InChI is InChI=1S/C38H46O2/c1-35(2,3)23-13-17-25-27(19-15-23)31(37(7,8)9)21-29(25)33(39)34(40)30-22-32(38(10,11)12)28-20-16-24(36(4,5)6)14-18-26(28)30/h13-22H,1-12H3. The zero-order valence-electron chi connectivity index (χ0n) is 26.6. The van der Waals surface area contributed by atoms with Crippen LogP contribution in [0.15, 0.2) is 60.7 Å². The van der Waals surface area contributed by atoms with Crippen LogP contribution in [-0.2, 0) is 21.7 Å². The average Bonchev–Trinajstić information content (AvgIpc) is 3.16. The molecule has 0 heterocycles. The molecule has 0 fully saturated rings. The quantitative estimate of drug-likeness (QED) is 0.193. The van der Waals surface area contributed by atoms with Gasteiger partial charge in [0.25, 0.3) is 0 Å². The third kappa shape index (κ3) is 5.51. The van der Waals surface area contributed by atoms with Crippen molar-refractivity contribution < 1.29 is 9.59 Å². The number of hydrogen-bond donors (Lipinski definition) is 0. The number of Topliss-reactive ketones (excluding diaryl/α,β-unsaturated/α-hetero) is 2. The Morgan fingerprint density at radius 1 is 0.400 bits per heavy atom. The van der Waals surface area contributed by atoms with Gasteiger partial charge in [0.05, 0.1) is 0 Å². The topological polar surface area (TPSA) is 34.1 Å². The maximum atomic E-state index is 14.1. The van der Waals surface area contributed by atoms with E-state index in [0.29, 0.717) is 11.1 Å². The minimum Gasteiger partial charge on any atom is -0.285 e. The number of hydrogen-bond acceptors (Lipinski definition) is 2. The lowest BCUT2D eigenvalue weighted by Crippen LogP contribution is -2.15. The first-order valence-electron chi connectivity index (χ1n) is 14.5. The molecule has 210 valence electrons. The second-order valence-electron chi connectivity index (χ2n) is 15.5. The highest BCUT2D eigenvalue weighted by Gasteiger charge is 2.33. The number of carbonyl (C=O) groups is 2. The van der Waals surface area contributed by atoms with E-state index in [1.807, 2.05) is 24.3 Å². The Morgan fingerprint density at radius 2 is 0.675 bits per heavy atom. The molecule has 0 saturated carbocycles. The lowest BCUT2D eigenvalue weighted by molar-refractivity contribution is 0.0818. The van der Waals surface area contributed by atoms with E-state index in [1.165, 1.54) is 11.1 Å². The Bertz CT molecular complexity index is 1420. The maximum absolute atomic E-state index is 14.1. The minimum absolute atomic E-state index is 0.0304. The summed E-state index contributed by atoms with van der Waals surface area (Å²) in [5, 5.41) is 0. The van der Waals surface area contributed by atoms with Crippen molar-refractivity contribution >= 4 is 11.6 Å². The fourth-order valence-corrected chi connectivity index (χ4v) is 5.56. The SMILES string of the molecule is CC(C)(C)c1ccc2c(C(=O)C(=O)c3cc(C(C)(C)C)c4ccc(C(C)(C)C)ccc3-4)cc(C(C)(C)C)c-2cc1. The highest BCUT2D eigenvalue weighted by molar-refractivity contribution is 6.51. The maximum Gasteiger partial charge on any atom is 0.234 e. The molecular weight excluding hydrogens is 488 g/mol. The van der Waals surface area contributed by atoms with Gasteiger partial charge < -0.3 is 0 Å². The normalized spacial score (nSPS) is 13.2. The van der Waals surface area contributed by atoms with Gasteiger partial charge in [0.15, 0.2) is 0 Å². The molecule has 0 aliphatic heterocycles. The van der Waals surface area contributed by atoms with Crippen LogP contribution >= 0.6 is 0 Å². The van der Waals surface area contributed by atoms with Crippen LogP contribution in [0.25, 0.3) is 22.3 Å². The van der Waals surface area contributed by atoms with E-state index in [1.54, 1.807) is 0 Å². The van der Waals surface area contributed by atoms with E-state index in [4.69, 9.17) is 0 Å². The number of fused-ring (bicyclic) bond motifs is 2. The smallest absolute Gasteiger partial charge is 0.234 e. The molecule has 0 spiro atoms. The molecule has 4 aliphatic carbocycles. The van der Waals surface area contributed by atoms with Gasteiger partial charge in [-0.15, -0.1) is 0 Å². The highest BCUT2D eigenvalue weighted by atomic mass is 16.2. The summed E-state index contributed by atoms with van der Waals surface area (Å²) in [6.07, 6.45) is 0. The van der Waals surface area contributed by atoms with Gasteiger partial charge in [-0.05, 0) is 78.3 Å². The monoisotopic (exact) mass is 534 g/mol. The number of carbonyl (C=O) groups excluding carboxylic acids is 2. The second-order valence-corrected chi connectivity index (χ2v) is 15.5. The van der Waals surface area contributed by atoms with Crippen LogP contribution in [-0.4, -0.2) is 11.6 Å². The first-order valence-corrected chi connectivity index (χ1v) is 14.5. The molecule has 0 aromatic heterocycles. The molecule has 0 aromatic rings. The Kier molecular flexibility index (Phi) is 7.19. The summed E-state index contributed by atoms with van der Waals surface area (Å²) in [4.78, 5) is 28.3. The molecule has 0 radical (unpaired) electrons. The second kappa shape index (κ2) is 9.68. The van der Waals surface area contributed by atoms with E-state index in [2.05, 4.69) is 119 Å². The first kappa shape index (κ1) is 29.7. The van der Waals surface area contributed by atoms with Gasteiger partial charge >= 0.3 is 0 Å². The van der Waals surface area contributed by atoms with Gasteiger partial charge in [0, 0.05) is 11.1 Å². The highest BCUT2D eigenvalue weighted by Crippen LogP contribution is 2.43. The molecule has 0 N–H and O–H groups in total. The van der Waals surface area contributed by atoms with Gasteiger partial charge in [-0.25, -0.2) is 0 Å². The van der Waals surface area contributed by atoms with Crippen LogP contribution in [0.5, 0.6) is 0 Å². The minimum atomic E-state index is -0.445. The van der Waals surface area contributed by atoms with Gasteiger partial charge in [0.2, 0.25) is 11.6 Å². The molecule has 0 amide bonds. The van der Waals surface area contributed by atoms with E-state index in [9.17, 15) is 9.59 Å². The van der Waals surface area contributed by atoms with E-state index < -0.39 is 11.6 Å². The zero-order chi connectivity index (χ0) is 30.0. The van der Waals surface area contributed by atoms with Crippen molar-refractivity contribution in [1.82, 2.24) is 0 Å². The van der Waals surface area contributed by atoms with Crippen molar-refractivity contribution in [1.29, 1.82) is 0 Å². The van der Waals surface area contributed by atoms with Crippen molar-refractivity contribution in [2.45, 2.75) is 105 Å². The molecule has 2 nitrogen and oxygen atoms in total. The summed E-state index contributed by atoms with van der Waals surface area (Å²) in [7, 11) is 0. The summed E-state index contributed by atoms with van der Waals surface area (Å²) in [5.74, 6) is -0.891. The Morgan fingerprint density at radius 3 is 0.925 bits per heavy atom. The first-order chi connectivity index (χ1) is 18.2. The van der Waals surface area contributed by atoms with Crippen molar-refractivity contribution in [3.8, 4) is 22.3 Å². The van der Waals surface area contributed by atoms with Gasteiger partial charge in [-0.1, -0.05) is 132 Å². The Balaban J connectivity index is 1.93. The van der Waals surface area contributed by atoms with Crippen LogP contribution < -0.4 is 0 Å². The molecule has 0 unspecified atom stereocenters. The molecule has 0 atom stereocenters. The summed E-state index contributed by atoms with van der Waals surface area (Å²) in [6.45, 7) is 26.0. The fraction of sp³-hybridized carbons (Fsp3) is 0.421. The van der Waals surface area contributed by atoms with Gasteiger partial charge in [-0.3, -0.25) is 9.59 Å². The predicted molar refractivity (Wildman–Crippen MR) is 170 cm³/mol. The van der Waals surface area contributed by atoms with Crippen LogP contribution in [0, 0.1) is 0 Å². The molecule has 2 heteroatoms. The van der Waals surface area contributed by atoms with Crippen molar-refractivity contribution in [2.24, 2.45) is 0 Å². The third-order valence-electron chi connectivity index (χ3n) is 8.08. The number of rotatable bonds is 3. The molecule has 0 bridgehead atoms.